The van der Waals surface area contributed by atoms with Crippen LogP contribution in [0.25, 0.3) is 11.0 Å². The van der Waals surface area contributed by atoms with Gasteiger partial charge in [0.05, 0.1) is 28.4 Å². The third kappa shape index (κ3) is 2.10. The van der Waals surface area contributed by atoms with E-state index >= 15 is 0 Å². The van der Waals surface area contributed by atoms with Gasteiger partial charge in [-0.3, -0.25) is 14.5 Å². The maximum Gasteiger partial charge on any atom is 0.252 e. The zero-order valence-corrected chi connectivity index (χ0v) is 12.5. The minimum absolute atomic E-state index is 0.00886. The van der Waals surface area contributed by atoms with E-state index in [0.717, 1.165) is 4.90 Å². The van der Waals surface area contributed by atoms with Gasteiger partial charge >= 0.3 is 0 Å². The summed E-state index contributed by atoms with van der Waals surface area (Å²) < 4.78 is 15.2. The Morgan fingerprint density at radius 3 is 2.71 bits per heavy atom. The van der Waals surface area contributed by atoms with Gasteiger partial charge in [0.2, 0.25) is 5.91 Å². The molecule has 1 unspecified atom stereocenters. The molecule has 0 saturated carbocycles. The van der Waals surface area contributed by atoms with Crippen LogP contribution in [0.5, 0.6) is 0 Å². The van der Waals surface area contributed by atoms with Gasteiger partial charge in [-0.2, -0.15) is 0 Å². The average Bonchev–Trinajstić information content (AvgIpc) is 2.91. The molecule has 2 amide bonds. The molecule has 5 nitrogen and oxygen atoms in total. The molecule has 0 aliphatic carbocycles. The van der Waals surface area contributed by atoms with Gasteiger partial charge in [-0.05, 0) is 6.07 Å². The minimum atomic E-state index is -0.748. The van der Waals surface area contributed by atoms with Crippen LogP contribution in [-0.4, -0.2) is 33.3 Å². The number of benzene rings is 1. The zero-order valence-electron chi connectivity index (χ0n) is 10.9. The Balaban J connectivity index is 2.24. The lowest BCUT2D eigenvalue weighted by atomic mass is 10.2. The van der Waals surface area contributed by atoms with Gasteiger partial charge in [0.15, 0.2) is 0 Å². The number of rotatable bonds is 2. The molecule has 110 valence electrons. The summed E-state index contributed by atoms with van der Waals surface area (Å²) in [6.07, 6.45) is 0.00886. The van der Waals surface area contributed by atoms with Crippen LogP contribution < -0.4 is 0 Å². The van der Waals surface area contributed by atoms with Crippen LogP contribution in [0.2, 0.25) is 5.02 Å². The molecule has 1 aromatic carbocycles. The Hall–Kier alpha value is -1.66. The van der Waals surface area contributed by atoms with Crippen molar-refractivity contribution in [3.63, 3.8) is 0 Å². The fourth-order valence-electron chi connectivity index (χ4n) is 2.52. The maximum atomic E-state index is 13.7. The van der Waals surface area contributed by atoms with Crippen molar-refractivity contribution in [2.75, 3.05) is 7.05 Å². The summed E-state index contributed by atoms with van der Waals surface area (Å²) in [5.74, 6) is -0.829. The number of alkyl halides is 1. The number of fused-ring (bicyclic) bond motifs is 1. The molecule has 21 heavy (non-hydrogen) atoms. The number of imide groups is 1. The first-order valence-electron chi connectivity index (χ1n) is 6.16. The second kappa shape index (κ2) is 4.96. The van der Waals surface area contributed by atoms with Crippen LogP contribution in [0, 0.1) is 5.82 Å². The van der Waals surface area contributed by atoms with Gasteiger partial charge in [0.1, 0.15) is 17.7 Å². The van der Waals surface area contributed by atoms with Crippen molar-refractivity contribution in [1.82, 2.24) is 14.5 Å². The molecule has 1 aliphatic heterocycles. The summed E-state index contributed by atoms with van der Waals surface area (Å²) in [5, 5.41) is -0.0563. The number of imidazole rings is 1. The quantitative estimate of drug-likeness (QED) is 0.628. The Morgan fingerprint density at radius 1 is 1.43 bits per heavy atom. The van der Waals surface area contributed by atoms with Crippen LogP contribution in [-0.2, 0) is 15.5 Å². The van der Waals surface area contributed by atoms with Crippen molar-refractivity contribution < 1.29 is 14.0 Å². The fraction of sp³-hybridized carbons (Fsp3) is 0.308. The summed E-state index contributed by atoms with van der Waals surface area (Å²) in [5.41, 5.74) is 0.834. The topological polar surface area (TPSA) is 55.2 Å². The van der Waals surface area contributed by atoms with Gasteiger partial charge in [-0.15, -0.1) is 11.6 Å². The molecule has 1 fully saturated rings. The first-order valence-corrected chi connectivity index (χ1v) is 7.07. The highest BCUT2D eigenvalue weighted by Crippen LogP contribution is 2.32. The van der Waals surface area contributed by atoms with Gasteiger partial charge in [-0.1, -0.05) is 11.6 Å². The number of aromatic nitrogens is 2. The number of likely N-dealkylation sites (N-methyl/N-ethyl adjacent to an activating group) is 1. The lowest BCUT2D eigenvalue weighted by molar-refractivity contribution is -0.137. The van der Waals surface area contributed by atoms with Crippen molar-refractivity contribution >= 4 is 46.0 Å². The molecule has 2 heterocycles. The Morgan fingerprint density at radius 2 is 2.14 bits per heavy atom. The number of hydrogen-bond acceptors (Lipinski definition) is 3. The molecule has 2 aromatic rings. The van der Waals surface area contributed by atoms with Crippen molar-refractivity contribution in [3.05, 3.63) is 28.8 Å². The van der Waals surface area contributed by atoms with E-state index in [9.17, 15) is 14.0 Å². The number of carbonyl (C=O) groups excluding carboxylic acids is 2. The van der Waals surface area contributed by atoms with Crippen LogP contribution in [0.3, 0.4) is 0 Å². The number of nitrogens with zero attached hydrogens (tertiary/aromatic N) is 3. The number of halogens is 3. The van der Waals surface area contributed by atoms with Crippen molar-refractivity contribution in [2.45, 2.75) is 18.3 Å². The molecule has 0 radical (unpaired) electrons. The molecule has 0 N–H and O–H groups in total. The van der Waals surface area contributed by atoms with Crippen LogP contribution in [0.4, 0.5) is 4.39 Å². The Bertz CT molecular complexity index is 774. The second-order valence-electron chi connectivity index (χ2n) is 4.80. The average molecular weight is 330 g/mol. The summed E-state index contributed by atoms with van der Waals surface area (Å²) in [6, 6.07) is 1.84. The monoisotopic (exact) mass is 329 g/mol. The standard InChI is InChI=1S/C13H10Cl2FN3O2/c1-18-12(20)4-10(13(18)21)19-9-3-7(16)6(15)2-8(9)17-11(19)5-14/h2-3,10H,4-5H2,1H3. The highest BCUT2D eigenvalue weighted by molar-refractivity contribution is 6.31. The van der Waals surface area contributed by atoms with Crippen molar-refractivity contribution in [1.29, 1.82) is 0 Å². The van der Waals surface area contributed by atoms with Crippen molar-refractivity contribution in [3.8, 4) is 0 Å². The Kier molecular flexibility index (Phi) is 3.37. The molecular formula is C13H10Cl2FN3O2. The zero-order chi connectivity index (χ0) is 15.3. The van der Waals surface area contributed by atoms with E-state index in [4.69, 9.17) is 23.2 Å². The number of amides is 2. The molecule has 1 atom stereocenters. The molecule has 3 rings (SSSR count). The van der Waals surface area contributed by atoms with Gasteiger partial charge in [0.25, 0.3) is 5.91 Å². The van der Waals surface area contributed by atoms with E-state index in [1.54, 1.807) is 0 Å². The molecular weight excluding hydrogens is 320 g/mol. The SMILES string of the molecule is CN1C(=O)CC(n2c(CCl)nc3cc(Cl)c(F)cc32)C1=O. The van der Waals surface area contributed by atoms with E-state index in [0.29, 0.717) is 16.9 Å². The Labute approximate surface area is 129 Å². The summed E-state index contributed by atoms with van der Waals surface area (Å²) in [6.45, 7) is 0. The van der Waals surface area contributed by atoms with E-state index in [-0.39, 0.29) is 29.1 Å². The van der Waals surface area contributed by atoms with E-state index in [1.165, 1.54) is 23.7 Å². The molecule has 0 bridgehead atoms. The normalized spacial score (nSPS) is 19.0. The largest absolute Gasteiger partial charge is 0.314 e. The van der Waals surface area contributed by atoms with Crippen LogP contribution in [0.15, 0.2) is 12.1 Å². The number of carbonyl (C=O) groups is 2. The van der Waals surface area contributed by atoms with E-state index in [2.05, 4.69) is 4.98 Å². The molecule has 0 spiro atoms. The minimum Gasteiger partial charge on any atom is -0.314 e. The van der Waals surface area contributed by atoms with Gasteiger partial charge < -0.3 is 4.57 Å². The highest BCUT2D eigenvalue weighted by atomic mass is 35.5. The third-order valence-electron chi connectivity index (χ3n) is 3.59. The third-order valence-corrected chi connectivity index (χ3v) is 4.12. The number of likely N-dealkylation sites (tertiary alicyclic amines) is 1. The van der Waals surface area contributed by atoms with E-state index in [1.807, 2.05) is 0 Å². The lowest BCUT2D eigenvalue weighted by Crippen LogP contribution is -2.27. The second-order valence-corrected chi connectivity index (χ2v) is 5.47. The molecule has 1 aromatic heterocycles. The first kappa shape index (κ1) is 14.3. The smallest absolute Gasteiger partial charge is 0.252 e. The van der Waals surface area contributed by atoms with Crippen LogP contribution in [0.1, 0.15) is 18.3 Å². The maximum absolute atomic E-state index is 13.7. The summed E-state index contributed by atoms with van der Waals surface area (Å²) in [4.78, 5) is 29.2. The van der Waals surface area contributed by atoms with E-state index < -0.39 is 11.9 Å². The predicted octanol–water partition coefficient (Wildman–Crippen LogP) is 2.50. The van der Waals surface area contributed by atoms with Gasteiger partial charge in [-0.25, -0.2) is 9.37 Å². The lowest BCUT2D eigenvalue weighted by Gasteiger charge is -2.14. The summed E-state index contributed by atoms with van der Waals surface area (Å²) in [7, 11) is 1.42. The molecule has 8 heteroatoms. The molecule has 1 saturated heterocycles. The fourth-order valence-corrected chi connectivity index (χ4v) is 2.87. The first-order chi connectivity index (χ1) is 9.93. The summed E-state index contributed by atoms with van der Waals surface area (Å²) >= 11 is 11.6. The number of hydrogen-bond donors (Lipinski definition) is 0. The van der Waals surface area contributed by atoms with Crippen LogP contribution >= 0.6 is 23.2 Å². The predicted molar refractivity (Wildman–Crippen MR) is 75.7 cm³/mol. The molecule has 1 aliphatic rings. The van der Waals surface area contributed by atoms with Gasteiger partial charge in [0, 0.05) is 13.1 Å². The highest BCUT2D eigenvalue weighted by Gasteiger charge is 2.39. The van der Waals surface area contributed by atoms with Crippen molar-refractivity contribution in [2.24, 2.45) is 0 Å².